The Kier molecular flexibility index (Phi) is 7.43. The predicted octanol–water partition coefficient (Wildman–Crippen LogP) is 3.49. The molecule has 0 aromatic heterocycles. The fourth-order valence-corrected chi connectivity index (χ4v) is 4.09. The number of rotatable bonds is 6. The van der Waals surface area contributed by atoms with Gasteiger partial charge in [-0.05, 0) is 41.3 Å². The highest BCUT2D eigenvalue weighted by Crippen LogP contribution is 2.34. The number of benzene rings is 2. The van der Waals surface area contributed by atoms with Crippen LogP contribution < -0.4 is 15.0 Å². The topological polar surface area (TPSA) is 106 Å². The Hall–Kier alpha value is -3.88. The molecular weight excluding hydrogens is 458 g/mol. The standard InChI is InChI=1S/C27H35N5O4/c1-27(2,3)20-11-16(9-10-23(20)36-26(35)31(7)8)22(33)15-32-14-17-12-21(30(5)6)19(25(34)29-4)13-18(17)24(32)28/h9-13,28H,14-15H2,1-8H3,(H,29,34). The number of amides is 2. The van der Waals surface area contributed by atoms with E-state index < -0.39 is 6.09 Å². The van der Waals surface area contributed by atoms with E-state index in [9.17, 15) is 14.4 Å². The van der Waals surface area contributed by atoms with Crippen molar-refractivity contribution in [1.82, 2.24) is 15.1 Å². The minimum absolute atomic E-state index is 0.0144. The summed E-state index contributed by atoms with van der Waals surface area (Å²) < 4.78 is 5.53. The number of carbonyl (C=O) groups is 3. The summed E-state index contributed by atoms with van der Waals surface area (Å²) >= 11 is 0. The molecule has 9 nitrogen and oxygen atoms in total. The predicted molar refractivity (Wildman–Crippen MR) is 141 cm³/mol. The SMILES string of the molecule is CNC(=O)c1cc2c(cc1N(C)C)CN(CC(=O)c1ccc(OC(=O)N(C)C)c(C(C)(C)C)c1)C2=N. The zero-order chi connectivity index (χ0) is 26.9. The van der Waals surface area contributed by atoms with E-state index in [2.05, 4.69) is 5.32 Å². The molecule has 1 heterocycles. The van der Waals surface area contributed by atoms with E-state index in [-0.39, 0.29) is 29.5 Å². The van der Waals surface area contributed by atoms with Crippen LogP contribution in [0.4, 0.5) is 10.5 Å². The summed E-state index contributed by atoms with van der Waals surface area (Å²) in [6.45, 7) is 6.38. The number of carbonyl (C=O) groups excluding carboxylic acids is 3. The Morgan fingerprint density at radius 3 is 2.31 bits per heavy atom. The fraction of sp³-hybridized carbons (Fsp3) is 0.407. The van der Waals surface area contributed by atoms with Crippen LogP contribution >= 0.6 is 0 Å². The Balaban J connectivity index is 1.88. The number of hydrogen-bond donors (Lipinski definition) is 2. The van der Waals surface area contributed by atoms with Gasteiger partial charge in [0, 0.05) is 64.2 Å². The molecule has 0 spiro atoms. The van der Waals surface area contributed by atoms with Gasteiger partial charge >= 0.3 is 6.09 Å². The van der Waals surface area contributed by atoms with Crippen LogP contribution in [-0.4, -0.2) is 75.2 Å². The molecule has 2 aromatic carbocycles. The van der Waals surface area contributed by atoms with Crippen molar-refractivity contribution in [3.05, 3.63) is 58.1 Å². The van der Waals surface area contributed by atoms with Crippen LogP contribution in [0.15, 0.2) is 30.3 Å². The van der Waals surface area contributed by atoms with Gasteiger partial charge in [-0.2, -0.15) is 0 Å². The van der Waals surface area contributed by atoms with E-state index in [0.717, 1.165) is 16.8 Å². The summed E-state index contributed by atoms with van der Waals surface area (Å²) in [5.74, 6) is 0.245. The second kappa shape index (κ2) is 10.0. The van der Waals surface area contributed by atoms with E-state index in [0.29, 0.717) is 29.0 Å². The van der Waals surface area contributed by atoms with Gasteiger partial charge in [0.2, 0.25) is 0 Å². The van der Waals surface area contributed by atoms with Crippen molar-refractivity contribution >= 4 is 29.3 Å². The monoisotopic (exact) mass is 493 g/mol. The largest absolute Gasteiger partial charge is 0.414 e. The van der Waals surface area contributed by atoms with Crippen LogP contribution in [0.1, 0.15) is 58.2 Å². The smallest absolute Gasteiger partial charge is 0.410 e. The van der Waals surface area contributed by atoms with Crippen LogP contribution in [0.3, 0.4) is 0 Å². The van der Waals surface area contributed by atoms with Crippen molar-refractivity contribution in [2.75, 3.05) is 46.7 Å². The van der Waals surface area contributed by atoms with Crippen molar-refractivity contribution in [1.29, 1.82) is 5.41 Å². The first-order valence-electron chi connectivity index (χ1n) is 11.7. The molecule has 0 fully saturated rings. The Labute approximate surface area is 212 Å². The van der Waals surface area contributed by atoms with Crippen LogP contribution in [-0.2, 0) is 12.0 Å². The molecule has 36 heavy (non-hydrogen) atoms. The summed E-state index contributed by atoms with van der Waals surface area (Å²) in [4.78, 5) is 42.7. The summed E-state index contributed by atoms with van der Waals surface area (Å²) in [7, 11) is 8.52. The van der Waals surface area contributed by atoms with E-state index >= 15 is 0 Å². The molecule has 0 saturated heterocycles. The van der Waals surface area contributed by atoms with E-state index in [1.54, 1.807) is 50.3 Å². The maximum atomic E-state index is 13.3. The van der Waals surface area contributed by atoms with E-state index in [1.807, 2.05) is 45.8 Å². The summed E-state index contributed by atoms with van der Waals surface area (Å²) in [6.07, 6.45) is -0.490. The number of hydrogen-bond acceptors (Lipinski definition) is 6. The highest BCUT2D eigenvalue weighted by molar-refractivity contribution is 6.08. The molecule has 192 valence electrons. The van der Waals surface area contributed by atoms with Crippen LogP contribution in [0.2, 0.25) is 0 Å². The summed E-state index contributed by atoms with van der Waals surface area (Å²) in [5.41, 5.74) is 3.64. The second-order valence-corrected chi connectivity index (χ2v) is 10.4. The number of fused-ring (bicyclic) bond motifs is 1. The lowest BCUT2D eigenvalue weighted by Gasteiger charge is -2.24. The molecule has 0 unspecified atom stereocenters. The molecule has 2 amide bonds. The highest BCUT2D eigenvalue weighted by Gasteiger charge is 2.30. The highest BCUT2D eigenvalue weighted by atomic mass is 16.6. The Morgan fingerprint density at radius 2 is 1.75 bits per heavy atom. The van der Waals surface area contributed by atoms with Gasteiger partial charge in [-0.25, -0.2) is 4.79 Å². The number of Topliss-reactive ketones (excluding diaryl/α,β-unsaturated/α-hetero) is 1. The molecule has 1 aliphatic rings. The molecule has 0 atom stereocenters. The van der Waals surface area contributed by atoms with Crippen molar-refractivity contribution in [3.63, 3.8) is 0 Å². The van der Waals surface area contributed by atoms with Gasteiger partial charge in [0.05, 0.1) is 12.1 Å². The van der Waals surface area contributed by atoms with Crippen molar-refractivity contribution < 1.29 is 19.1 Å². The molecule has 0 radical (unpaired) electrons. The molecule has 2 aromatic rings. The number of anilines is 1. The zero-order valence-electron chi connectivity index (χ0n) is 22.3. The third kappa shape index (κ3) is 5.35. The molecule has 0 bridgehead atoms. The Bertz CT molecular complexity index is 1230. The first-order valence-corrected chi connectivity index (χ1v) is 11.7. The normalized spacial score (nSPS) is 12.8. The molecule has 0 saturated carbocycles. The average molecular weight is 494 g/mol. The minimum Gasteiger partial charge on any atom is -0.410 e. The zero-order valence-corrected chi connectivity index (χ0v) is 22.3. The maximum absolute atomic E-state index is 13.3. The minimum atomic E-state index is -0.490. The van der Waals surface area contributed by atoms with E-state index in [1.165, 1.54) is 4.90 Å². The summed E-state index contributed by atoms with van der Waals surface area (Å²) in [5, 5.41) is 11.3. The molecule has 9 heteroatoms. The van der Waals surface area contributed by atoms with Gasteiger partial charge in [-0.15, -0.1) is 0 Å². The van der Waals surface area contributed by atoms with Gasteiger partial charge < -0.3 is 24.8 Å². The van der Waals surface area contributed by atoms with Gasteiger partial charge in [0.15, 0.2) is 5.78 Å². The third-order valence-electron chi connectivity index (χ3n) is 6.11. The lowest BCUT2D eigenvalue weighted by Crippen LogP contribution is -2.30. The van der Waals surface area contributed by atoms with Crippen molar-refractivity contribution in [2.24, 2.45) is 0 Å². The second-order valence-electron chi connectivity index (χ2n) is 10.4. The number of nitrogens with one attached hydrogen (secondary N) is 2. The first kappa shape index (κ1) is 26.7. The Morgan fingerprint density at radius 1 is 1.08 bits per heavy atom. The summed E-state index contributed by atoms with van der Waals surface area (Å²) in [6, 6.07) is 8.70. The fourth-order valence-electron chi connectivity index (χ4n) is 4.09. The molecule has 1 aliphatic heterocycles. The number of ether oxygens (including phenoxy) is 1. The number of ketones is 1. The third-order valence-corrected chi connectivity index (χ3v) is 6.11. The lowest BCUT2D eigenvalue weighted by molar-refractivity contribution is 0.0955. The van der Waals surface area contributed by atoms with Gasteiger partial charge in [0.1, 0.15) is 11.6 Å². The first-order chi connectivity index (χ1) is 16.7. The van der Waals surface area contributed by atoms with Gasteiger partial charge in [-0.3, -0.25) is 15.0 Å². The van der Waals surface area contributed by atoms with Crippen molar-refractivity contribution in [3.8, 4) is 5.75 Å². The molecule has 0 aliphatic carbocycles. The van der Waals surface area contributed by atoms with Gasteiger partial charge in [-0.1, -0.05) is 20.8 Å². The van der Waals surface area contributed by atoms with Crippen LogP contribution in [0.5, 0.6) is 5.75 Å². The quantitative estimate of drug-likeness (QED) is 0.597. The number of amidine groups is 1. The van der Waals surface area contributed by atoms with E-state index in [4.69, 9.17) is 10.1 Å². The molecule has 3 rings (SSSR count). The number of nitrogens with zero attached hydrogens (tertiary/aromatic N) is 3. The lowest BCUT2D eigenvalue weighted by atomic mass is 9.85. The van der Waals surface area contributed by atoms with Crippen LogP contribution in [0, 0.1) is 5.41 Å². The molecule has 2 N–H and O–H groups in total. The van der Waals surface area contributed by atoms with Crippen LogP contribution in [0.25, 0.3) is 0 Å². The molecular formula is C27H35N5O4. The van der Waals surface area contributed by atoms with Crippen molar-refractivity contribution in [2.45, 2.75) is 32.7 Å². The van der Waals surface area contributed by atoms with Gasteiger partial charge in [0.25, 0.3) is 5.91 Å². The maximum Gasteiger partial charge on any atom is 0.414 e. The average Bonchev–Trinajstić information content (AvgIpc) is 3.11.